The highest BCUT2D eigenvalue weighted by atomic mass is 19.1. The van der Waals surface area contributed by atoms with E-state index >= 15 is 0 Å². The van der Waals surface area contributed by atoms with Crippen LogP contribution in [0.15, 0.2) is 36.4 Å². The van der Waals surface area contributed by atoms with E-state index in [0.717, 1.165) is 11.1 Å². The molecule has 0 amide bonds. The van der Waals surface area contributed by atoms with Crippen LogP contribution in [0.4, 0.5) is 4.39 Å². The Kier molecular flexibility index (Phi) is 4.18. The van der Waals surface area contributed by atoms with Gasteiger partial charge in [0.2, 0.25) is 0 Å². The van der Waals surface area contributed by atoms with Crippen LogP contribution in [0.2, 0.25) is 0 Å². The molecule has 3 heteroatoms. The van der Waals surface area contributed by atoms with Crippen molar-refractivity contribution >= 4 is 5.78 Å². The Balaban J connectivity index is 2.21. The molecule has 0 aromatic heterocycles. The van der Waals surface area contributed by atoms with Gasteiger partial charge < -0.3 is 4.74 Å². The van der Waals surface area contributed by atoms with Crippen LogP contribution in [0.25, 0.3) is 0 Å². The maximum Gasteiger partial charge on any atom is 0.170 e. The Hall–Kier alpha value is -2.16. The first kappa shape index (κ1) is 14.3. The molecule has 20 heavy (non-hydrogen) atoms. The van der Waals surface area contributed by atoms with Crippen molar-refractivity contribution in [3.05, 3.63) is 64.5 Å². The van der Waals surface area contributed by atoms with Gasteiger partial charge in [-0.25, -0.2) is 4.39 Å². The molecule has 0 aliphatic rings. The predicted octanol–water partition coefficient (Wildman–Crippen LogP) is 3.88. The summed E-state index contributed by atoms with van der Waals surface area (Å²) in [5, 5.41) is 0. The number of ketones is 1. The Morgan fingerprint density at radius 3 is 2.45 bits per heavy atom. The van der Waals surface area contributed by atoms with Gasteiger partial charge in [-0.15, -0.1) is 0 Å². The first-order valence-electron chi connectivity index (χ1n) is 6.44. The van der Waals surface area contributed by atoms with E-state index in [1.165, 1.54) is 24.8 Å². The van der Waals surface area contributed by atoms with E-state index in [0.29, 0.717) is 5.75 Å². The third-order valence-corrected chi connectivity index (χ3v) is 3.41. The van der Waals surface area contributed by atoms with E-state index in [-0.39, 0.29) is 17.8 Å². The summed E-state index contributed by atoms with van der Waals surface area (Å²) in [7, 11) is 1.46. The summed E-state index contributed by atoms with van der Waals surface area (Å²) < 4.78 is 18.8. The topological polar surface area (TPSA) is 26.3 Å². The number of hydrogen-bond acceptors (Lipinski definition) is 2. The second-order valence-electron chi connectivity index (χ2n) is 4.86. The zero-order valence-corrected chi connectivity index (χ0v) is 11.9. The van der Waals surface area contributed by atoms with E-state index in [1.54, 1.807) is 6.07 Å². The Morgan fingerprint density at radius 1 is 1.10 bits per heavy atom. The third kappa shape index (κ3) is 3.05. The number of benzene rings is 2. The minimum Gasteiger partial charge on any atom is -0.497 e. The lowest BCUT2D eigenvalue weighted by atomic mass is 9.99. The van der Waals surface area contributed by atoms with E-state index in [1.807, 2.05) is 32.0 Å². The molecule has 0 N–H and O–H groups in total. The van der Waals surface area contributed by atoms with Gasteiger partial charge >= 0.3 is 0 Å². The number of Topliss-reactive ketones (excluding diaryl/α,β-unsaturated/α-hetero) is 1. The van der Waals surface area contributed by atoms with Crippen molar-refractivity contribution in [2.75, 3.05) is 7.11 Å². The highest BCUT2D eigenvalue weighted by molar-refractivity contribution is 5.97. The molecular weight excluding hydrogens is 255 g/mol. The Labute approximate surface area is 118 Å². The summed E-state index contributed by atoms with van der Waals surface area (Å²) in [5.41, 5.74) is 3.31. The molecule has 0 aliphatic heterocycles. The van der Waals surface area contributed by atoms with Crippen molar-refractivity contribution in [2.24, 2.45) is 0 Å². The minimum absolute atomic E-state index is 0.101. The number of rotatable bonds is 4. The van der Waals surface area contributed by atoms with Gasteiger partial charge in [-0.2, -0.15) is 0 Å². The average Bonchev–Trinajstić information content (AvgIpc) is 2.42. The number of halogens is 1. The third-order valence-electron chi connectivity index (χ3n) is 3.41. The lowest BCUT2D eigenvalue weighted by Gasteiger charge is -2.07. The van der Waals surface area contributed by atoms with Crippen molar-refractivity contribution in [2.45, 2.75) is 20.3 Å². The second kappa shape index (κ2) is 5.87. The zero-order valence-electron chi connectivity index (χ0n) is 11.9. The van der Waals surface area contributed by atoms with Gasteiger partial charge in [-0.05, 0) is 42.7 Å². The first-order valence-corrected chi connectivity index (χ1v) is 6.44. The molecule has 0 saturated heterocycles. The van der Waals surface area contributed by atoms with Crippen LogP contribution >= 0.6 is 0 Å². The molecule has 2 rings (SSSR count). The van der Waals surface area contributed by atoms with Crippen LogP contribution in [0.1, 0.15) is 27.0 Å². The standard InChI is InChI=1S/C17H17FO2/c1-11-4-5-13(8-12(11)2)9-17(19)15-7-6-14(20-3)10-16(15)18/h4-8,10H,9H2,1-3H3. The van der Waals surface area contributed by atoms with Gasteiger partial charge in [0, 0.05) is 12.5 Å². The molecule has 0 bridgehead atoms. The molecule has 2 nitrogen and oxygen atoms in total. The molecule has 0 fully saturated rings. The van der Waals surface area contributed by atoms with Crippen LogP contribution in [0.3, 0.4) is 0 Å². The monoisotopic (exact) mass is 272 g/mol. The molecule has 2 aromatic rings. The van der Waals surface area contributed by atoms with Crippen LogP contribution in [-0.2, 0) is 6.42 Å². The molecule has 2 aromatic carbocycles. The zero-order chi connectivity index (χ0) is 14.7. The SMILES string of the molecule is COc1ccc(C(=O)Cc2ccc(C)c(C)c2)c(F)c1. The number of carbonyl (C=O) groups is 1. The summed E-state index contributed by atoms with van der Waals surface area (Å²) >= 11 is 0. The molecule has 0 atom stereocenters. The lowest BCUT2D eigenvalue weighted by Crippen LogP contribution is -2.06. The molecule has 0 heterocycles. The van der Waals surface area contributed by atoms with Gasteiger partial charge in [-0.3, -0.25) is 4.79 Å². The smallest absolute Gasteiger partial charge is 0.170 e. The molecule has 0 radical (unpaired) electrons. The Bertz CT molecular complexity index is 647. The van der Waals surface area contributed by atoms with Gasteiger partial charge in [0.1, 0.15) is 11.6 Å². The number of carbonyl (C=O) groups excluding carboxylic acids is 1. The van der Waals surface area contributed by atoms with E-state index < -0.39 is 5.82 Å². The largest absolute Gasteiger partial charge is 0.497 e. The average molecular weight is 272 g/mol. The minimum atomic E-state index is -0.543. The fourth-order valence-corrected chi connectivity index (χ4v) is 2.04. The van der Waals surface area contributed by atoms with Crippen molar-refractivity contribution in [3.63, 3.8) is 0 Å². The van der Waals surface area contributed by atoms with Crippen LogP contribution in [0.5, 0.6) is 5.75 Å². The molecule has 0 saturated carbocycles. The summed E-state index contributed by atoms with van der Waals surface area (Å²) in [6.07, 6.45) is 0.199. The van der Waals surface area contributed by atoms with Crippen molar-refractivity contribution in [1.29, 1.82) is 0 Å². The van der Waals surface area contributed by atoms with Crippen molar-refractivity contribution in [3.8, 4) is 5.75 Å². The fraction of sp³-hybridized carbons (Fsp3) is 0.235. The number of aryl methyl sites for hydroxylation is 2. The molecular formula is C17H17FO2. The number of methoxy groups -OCH3 is 1. The summed E-state index contributed by atoms with van der Waals surface area (Å²) in [6.45, 7) is 4.02. The van der Waals surface area contributed by atoms with Gasteiger partial charge in [0.05, 0.1) is 12.7 Å². The summed E-state index contributed by atoms with van der Waals surface area (Å²) in [6, 6.07) is 10.1. The summed E-state index contributed by atoms with van der Waals surface area (Å²) in [5.74, 6) is -0.364. The molecule has 104 valence electrons. The molecule has 0 aliphatic carbocycles. The van der Waals surface area contributed by atoms with Gasteiger partial charge in [0.15, 0.2) is 5.78 Å². The highest BCUT2D eigenvalue weighted by Crippen LogP contribution is 2.19. The van der Waals surface area contributed by atoms with Crippen LogP contribution < -0.4 is 4.74 Å². The normalized spacial score (nSPS) is 10.4. The summed E-state index contributed by atoms with van der Waals surface area (Å²) in [4.78, 5) is 12.1. The highest BCUT2D eigenvalue weighted by Gasteiger charge is 2.13. The van der Waals surface area contributed by atoms with E-state index in [9.17, 15) is 9.18 Å². The van der Waals surface area contributed by atoms with Crippen molar-refractivity contribution in [1.82, 2.24) is 0 Å². The quantitative estimate of drug-likeness (QED) is 0.790. The van der Waals surface area contributed by atoms with E-state index in [4.69, 9.17) is 4.74 Å². The lowest BCUT2D eigenvalue weighted by molar-refractivity contribution is 0.0989. The maximum atomic E-state index is 13.8. The number of ether oxygens (including phenoxy) is 1. The van der Waals surface area contributed by atoms with Crippen molar-refractivity contribution < 1.29 is 13.9 Å². The van der Waals surface area contributed by atoms with Gasteiger partial charge in [-0.1, -0.05) is 18.2 Å². The van der Waals surface area contributed by atoms with Crippen LogP contribution in [-0.4, -0.2) is 12.9 Å². The predicted molar refractivity (Wildman–Crippen MR) is 76.9 cm³/mol. The Morgan fingerprint density at radius 2 is 1.85 bits per heavy atom. The molecule has 0 spiro atoms. The first-order chi connectivity index (χ1) is 9.51. The van der Waals surface area contributed by atoms with Crippen LogP contribution in [0, 0.1) is 19.7 Å². The number of hydrogen-bond donors (Lipinski definition) is 0. The maximum absolute atomic E-state index is 13.8. The van der Waals surface area contributed by atoms with Gasteiger partial charge in [0.25, 0.3) is 0 Å². The second-order valence-corrected chi connectivity index (χ2v) is 4.86. The fourth-order valence-electron chi connectivity index (χ4n) is 2.04. The molecule has 0 unspecified atom stereocenters. The van der Waals surface area contributed by atoms with E-state index in [2.05, 4.69) is 0 Å².